The van der Waals surface area contributed by atoms with E-state index in [4.69, 9.17) is 4.74 Å². The highest BCUT2D eigenvalue weighted by molar-refractivity contribution is 5.85. The topological polar surface area (TPSA) is 35.9 Å². The second-order valence-electron chi connectivity index (χ2n) is 8.22. The van der Waals surface area contributed by atoms with Crippen molar-refractivity contribution in [2.45, 2.75) is 39.3 Å². The van der Waals surface area contributed by atoms with Crippen molar-refractivity contribution in [3.63, 3.8) is 0 Å². The summed E-state index contributed by atoms with van der Waals surface area (Å²) in [5, 5.41) is 10.5. The van der Waals surface area contributed by atoms with Crippen LogP contribution in [0, 0.1) is 6.92 Å². The second kappa shape index (κ2) is 13.2. The number of hydrogen-bond acceptors (Lipinski definition) is 4. The molecule has 0 aliphatic carbocycles. The Morgan fingerprint density at radius 1 is 0.933 bits per heavy atom. The van der Waals surface area contributed by atoms with Crippen LogP contribution in [0.3, 0.4) is 0 Å². The zero-order valence-corrected chi connectivity index (χ0v) is 19.9. The first-order valence-corrected chi connectivity index (χ1v) is 10.4. The maximum atomic E-state index is 10.5. The Kier molecular flexibility index (Phi) is 11.7. The fourth-order valence-electron chi connectivity index (χ4n) is 3.75. The molecular formula is C24H36Cl2N2O2. The summed E-state index contributed by atoms with van der Waals surface area (Å²) >= 11 is 0. The minimum Gasteiger partial charge on any atom is -0.491 e. The molecule has 30 heavy (non-hydrogen) atoms. The van der Waals surface area contributed by atoms with Gasteiger partial charge in [0, 0.05) is 39.3 Å². The summed E-state index contributed by atoms with van der Waals surface area (Å²) in [4.78, 5) is 4.82. The van der Waals surface area contributed by atoms with E-state index in [1.54, 1.807) is 0 Å². The van der Waals surface area contributed by atoms with Gasteiger partial charge in [-0.1, -0.05) is 56.3 Å². The van der Waals surface area contributed by atoms with Crippen LogP contribution in [-0.2, 0) is 6.54 Å². The minimum absolute atomic E-state index is 0. The molecule has 1 aliphatic rings. The number of piperazine rings is 1. The van der Waals surface area contributed by atoms with E-state index in [1.165, 1.54) is 16.7 Å². The first-order valence-electron chi connectivity index (χ1n) is 10.4. The van der Waals surface area contributed by atoms with Gasteiger partial charge >= 0.3 is 0 Å². The first kappa shape index (κ1) is 26.7. The molecule has 3 rings (SSSR count). The number of halogens is 2. The molecule has 1 atom stereocenters. The molecule has 1 saturated heterocycles. The normalized spacial score (nSPS) is 15.9. The molecule has 0 amide bonds. The van der Waals surface area contributed by atoms with E-state index in [2.05, 4.69) is 79.1 Å². The van der Waals surface area contributed by atoms with E-state index in [9.17, 15) is 5.11 Å². The largest absolute Gasteiger partial charge is 0.491 e. The van der Waals surface area contributed by atoms with E-state index >= 15 is 0 Å². The van der Waals surface area contributed by atoms with Crippen LogP contribution in [0.2, 0.25) is 0 Å². The van der Waals surface area contributed by atoms with E-state index in [0.29, 0.717) is 19.1 Å². The molecule has 1 unspecified atom stereocenters. The van der Waals surface area contributed by atoms with Gasteiger partial charge in [-0.2, -0.15) is 0 Å². The summed E-state index contributed by atoms with van der Waals surface area (Å²) in [5.41, 5.74) is 3.75. The van der Waals surface area contributed by atoms with Gasteiger partial charge in [-0.25, -0.2) is 0 Å². The van der Waals surface area contributed by atoms with Crippen LogP contribution in [0.5, 0.6) is 5.75 Å². The van der Waals surface area contributed by atoms with Gasteiger partial charge in [-0.15, -0.1) is 24.8 Å². The van der Waals surface area contributed by atoms with Crippen LogP contribution in [0.25, 0.3) is 0 Å². The molecule has 0 aromatic heterocycles. The van der Waals surface area contributed by atoms with E-state index in [-0.39, 0.29) is 24.8 Å². The van der Waals surface area contributed by atoms with Crippen molar-refractivity contribution in [2.75, 3.05) is 39.3 Å². The molecular weight excluding hydrogens is 419 g/mol. The smallest absolute Gasteiger partial charge is 0.123 e. The molecule has 2 aromatic carbocycles. The van der Waals surface area contributed by atoms with Crippen molar-refractivity contribution in [1.82, 2.24) is 9.80 Å². The fourth-order valence-corrected chi connectivity index (χ4v) is 3.75. The molecule has 1 N–H and O–H groups in total. The summed E-state index contributed by atoms with van der Waals surface area (Å²) in [6.45, 7) is 12.5. The number of rotatable bonds is 8. The number of benzene rings is 2. The number of aliphatic hydroxyl groups is 1. The van der Waals surface area contributed by atoms with Gasteiger partial charge in [0.05, 0.1) is 0 Å². The van der Waals surface area contributed by atoms with Gasteiger partial charge in [0.15, 0.2) is 0 Å². The van der Waals surface area contributed by atoms with Crippen molar-refractivity contribution in [3.05, 3.63) is 65.2 Å². The lowest BCUT2D eigenvalue weighted by Crippen LogP contribution is -2.48. The average Bonchev–Trinajstić information content (AvgIpc) is 2.68. The highest BCUT2D eigenvalue weighted by Gasteiger charge is 2.20. The zero-order chi connectivity index (χ0) is 19.9. The Labute approximate surface area is 194 Å². The van der Waals surface area contributed by atoms with Crippen LogP contribution >= 0.6 is 24.8 Å². The number of aryl methyl sites for hydroxylation is 1. The summed E-state index contributed by atoms with van der Waals surface area (Å²) in [7, 11) is 0. The SMILES string of the molecule is Cc1ccc(C(C)C)c(OCC(O)CN2CCN(Cc3ccccc3)CC2)c1.Cl.Cl. The number of ether oxygens (including phenoxy) is 1. The molecule has 1 fully saturated rings. The number of aliphatic hydroxyl groups excluding tert-OH is 1. The molecule has 0 radical (unpaired) electrons. The maximum Gasteiger partial charge on any atom is 0.123 e. The predicted molar refractivity (Wildman–Crippen MR) is 129 cm³/mol. The van der Waals surface area contributed by atoms with Gasteiger partial charge < -0.3 is 9.84 Å². The van der Waals surface area contributed by atoms with E-state index < -0.39 is 6.10 Å². The van der Waals surface area contributed by atoms with Gasteiger partial charge in [0.2, 0.25) is 0 Å². The molecule has 0 bridgehead atoms. The maximum absolute atomic E-state index is 10.5. The van der Waals surface area contributed by atoms with Gasteiger partial charge in [-0.3, -0.25) is 9.80 Å². The molecule has 168 valence electrons. The van der Waals surface area contributed by atoms with Crippen molar-refractivity contribution in [1.29, 1.82) is 0 Å². The standard InChI is InChI=1S/C24H34N2O2.2ClH/c1-19(2)23-10-9-20(3)15-24(23)28-18-22(27)17-26-13-11-25(12-14-26)16-21-7-5-4-6-8-21;;/h4-10,15,19,22,27H,11-14,16-18H2,1-3H3;2*1H. The Hall–Kier alpha value is -1.30. The highest BCUT2D eigenvalue weighted by Crippen LogP contribution is 2.27. The first-order chi connectivity index (χ1) is 13.5. The predicted octanol–water partition coefficient (Wildman–Crippen LogP) is 4.52. The molecule has 0 saturated carbocycles. The Morgan fingerprint density at radius 2 is 1.57 bits per heavy atom. The molecule has 1 heterocycles. The Bertz CT molecular complexity index is 735. The van der Waals surface area contributed by atoms with Crippen molar-refractivity contribution in [2.24, 2.45) is 0 Å². The van der Waals surface area contributed by atoms with E-state index in [0.717, 1.165) is 38.5 Å². The van der Waals surface area contributed by atoms with Crippen molar-refractivity contribution in [3.8, 4) is 5.75 Å². The molecule has 0 spiro atoms. The summed E-state index contributed by atoms with van der Waals surface area (Å²) < 4.78 is 6.00. The summed E-state index contributed by atoms with van der Waals surface area (Å²) in [6.07, 6.45) is -0.471. The zero-order valence-electron chi connectivity index (χ0n) is 18.3. The molecule has 4 nitrogen and oxygen atoms in total. The third kappa shape index (κ3) is 8.09. The summed E-state index contributed by atoms with van der Waals surface area (Å²) in [5.74, 6) is 1.31. The fraction of sp³-hybridized carbons (Fsp3) is 0.500. The number of nitrogens with zero attached hydrogens (tertiary/aromatic N) is 2. The van der Waals surface area contributed by atoms with Crippen molar-refractivity contribution >= 4 is 24.8 Å². The van der Waals surface area contributed by atoms with Crippen LogP contribution in [0.1, 0.15) is 36.5 Å². The van der Waals surface area contributed by atoms with E-state index in [1.807, 2.05) is 0 Å². The van der Waals surface area contributed by atoms with Gasteiger partial charge in [0.1, 0.15) is 18.5 Å². The third-order valence-electron chi connectivity index (χ3n) is 5.41. The highest BCUT2D eigenvalue weighted by atomic mass is 35.5. The third-order valence-corrected chi connectivity index (χ3v) is 5.41. The lowest BCUT2D eigenvalue weighted by Gasteiger charge is -2.35. The lowest BCUT2D eigenvalue weighted by molar-refractivity contribution is 0.0443. The monoisotopic (exact) mass is 454 g/mol. The lowest BCUT2D eigenvalue weighted by atomic mass is 10.0. The second-order valence-corrected chi connectivity index (χ2v) is 8.22. The summed E-state index contributed by atoms with van der Waals surface area (Å²) in [6, 6.07) is 17.0. The Morgan fingerprint density at radius 3 is 2.20 bits per heavy atom. The number of β-amino-alcohol motifs (C(OH)–C–C–N with tert-alkyl or cyclic N) is 1. The quantitative estimate of drug-likeness (QED) is 0.635. The van der Waals surface area contributed by atoms with Gasteiger partial charge in [-0.05, 0) is 35.6 Å². The molecule has 2 aromatic rings. The van der Waals surface area contributed by atoms with Crippen LogP contribution < -0.4 is 4.74 Å². The van der Waals surface area contributed by atoms with Crippen LogP contribution in [-0.4, -0.2) is 60.3 Å². The number of hydrogen-bond donors (Lipinski definition) is 1. The molecule has 6 heteroatoms. The van der Waals surface area contributed by atoms with Crippen LogP contribution in [0.4, 0.5) is 0 Å². The Balaban J connectivity index is 0.00000225. The average molecular weight is 455 g/mol. The molecule has 1 aliphatic heterocycles. The van der Waals surface area contributed by atoms with Crippen molar-refractivity contribution < 1.29 is 9.84 Å². The minimum atomic E-state index is -0.471. The van der Waals surface area contributed by atoms with Crippen LogP contribution in [0.15, 0.2) is 48.5 Å². The van der Waals surface area contributed by atoms with Gasteiger partial charge in [0.25, 0.3) is 0 Å².